The van der Waals surface area contributed by atoms with Crippen LogP contribution in [0.4, 0.5) is 10.2 Å². The van der Waals surface area contributed by atoms with Crippen molar-refractivity contribution in [3.63, 3.8) is 0 Å². The van der Waals surface area contributed by atoms with Crippen molar-refractivity contribution in [2.45, 2.75) is 19.4 Å². The number of nitrogens with zero attached hydrogens (tertiary/aromatic N) is 3. The molecule has 0 saturated carbocycles. The van der Waals surface area contributed by atoms with Crippen molar-refractivity contribution in [2.75, 3.05) is 31.7 Å². The molecule has 2 aromatic rings. The van der Waals surface area contributed by atoms with Crippen LogP contribution in [-0.2, 0) is 11.2 Å². The number of ether oxygens (including phenoxy) is 2. The third-order valence-corrected chi connectivity index (χ3v) is 4.01. The van der Waals surface area contributed by atoms with Crippen LogP contribution in [0, 0.1) is 5.82 Å². The van der Waals surface area contributed by atoms with Crippen LogP contribution < -0.4 is 9.64 Å². The van der Waals surface area contributed by atoms with Crippen LogP contribution in [0.5, 0.6) is 5.75 Å². The highest BCUT2D eigenvalue weighted by Crippen LogP contribution is 2.28. The highest BCUT2D eigenvalue weighted by Gasteiger charge is 2.26. The molecule has 1 fully saturated rings. The summed E-state index contributed by atoms with van der Waals surface area (Å²) < 4.78 is 25.6. The monoisotopic (exact) mass is 317 g/mol. The molecule has 1 aromatic heterocycles. The molecule has 122 valence electrons. The Balaban J connectivity index is 1.83. The van der Waals surface area contributed by atoms with E-state index >= 15 is 0 Å². The fourth-order valence-corrected chi connectivity index (χ4v) is 2.75. The van der Waals surface area contributed by atoms with Crippen molar-refractivity contribution in [2.24, 2.45) is 0 Å². The maximum Gasteiger partial charge on any atom is 0.187 e. The summed E-state index contributed by atoms with van der Waals surface area (Å²) in [6.07, 6.45) is 1.83. The quantitative estimate of drug-likeness (QED) is 0.868. The van der Waals surface area contributed by atoms with Gasteiger partial charge < -0.3 is 14.4 Å². The second-order valence-corrected chi connectivity index (χ2v) is 5.39. The second kappa shape index (κ2) is 6.91. The molecule has 1 saturated heterocycles. The first-order valence-corrected chi connectivity index (χ1v) is 7.72. The summed E-state index contributed by atoms with van der Waals surface area (Å²) in [6.45, 7) is 3.56. The van der Waals surface area contributed by atoms with E-state index in [1.807, 2.05) is 36.1 Å². The third-order valence-electron chi connectivity index (χ3n) is 4.01. The number of halogens is 1. The SMILES string of the molecule is CCc1ncnc(N2CCOC(c3cccc(OC)c3)C2)c1F. The number of anilines is 1. The predicted molar refractivity (Wildman–Crippen MR) is 85.3 cm³/mol. The number of benzene rings is 1. The minimum absolute atomic E-state index is 0.140. The molecule has 0 radical (unpaired) electrons. The second-order valence-electron chi connectivity index (χ2n) is 5.39. The molecule has 5 nitrogen and oxygen atoms in total. The van der Waals surface area contributed by atoms with E-state index < -0.39 is 0 Å². The lowest BCUT2D eigenvalue weighted by molar-refractivity contribution is 0.0391. The minimum Gasteiger partial charge on any atom is -0.497 e. The maximum absolute atomic E-state index is 14.5. The van der Waals surface area contributed by atoms with Gasteiger partial charge in [-0.25, -0.2) is 14.4 Å². The largest absolute Gasteiger partial charge is 0.497 e. The Labute approximate surface area is 135 Å². The Bertz CT molecular complexity index is 681. The topological polar surface area (TPSA) is 47.5 Å². The number of rotatable bonds is 4. The van der Waals surface area contributed by atoms with Gasteiger partial charge in [0.15, 0.2) is 11.6 Å². The summed E-state index contributed by atoms with van der Waals surface area (Å²) in [6, 6.07) is 7.76. The minimum atomic E-state index is -0.332. The predicted octanol–water partition coefficient (Wildman–Crippen LogP) is 2.76. The summed E-state index contributed by atoms with van der Waals surface area (Å²) in [5.41, 5.74) is 1.46. The Hall–Kier alpha value is -2.21. The van der Waals surface area contributed by atoms with E-state index in [1.54, 1.807) is 7.11 Å². The molecule has 1 atom stereocenters. The van der Waals surface area contributed by atoms with Gasteiger partial charge in [-0.15, -0.1) is 0 Å². The molecule has 1 aliphatic rings. The zero-order valence-corrected chi connectivity index (χ0v) is 13.3. The lowest BCUT2D eigenvalue weighted by atomic mass is 10.1. The third kappa shape index (κ3) is 3.27. The molecule has 0 amide bonds. The van der Waals surface area contributed by atoms with E-state index in [4.69, 9.17) is 9.47 Å². The van der Waals surface area contributed by atoms with Crippen LogP contribution in [0.1, 0.15) is 24.3 Å². The van der Waals surface area contributed by atoms with Crippen molar-refractivity contribution in [3.8, 4) is 5.75 Å². The number of hydrogen-bond donors (Lipinski definition) is 0. The first-order valence-electron chi connectivity index (χ1n) is 7.72. The standard InChI is InChI=1S/C17H20FN3O2/c1-3-14-16(18)17(20-11-19-14)21-7-8-23-15(10-21)12-5-4-6-13(9-12)22-2/h4-6,9,11,15H,3,7-8,10H2,1-2H3. The molecule has 0 N–H and O–H groups in total. The molecular formula is C17H20FN3O2. The normalized spacial score (nSPS) is 18.0. The molecule has 1 aliphatic heterocycles. The van der Waals surface area contributed by atoms with Gasteiger partial charge in [0.25, 0.3) is 0 Å². The van der Waals surface area contributed by atoms with E-state index in [0.717, 1.165) is 11.3 Å². The van der Waals surface area contributed by atoms with E-state index in [-0.39, 0.29) is 11.9 Å². The van der Waals surface area contributed by atoms with E-state index in [9.17, 15) is 4.39 Å². The molecule has 6 heteroatoms. The number of aromatic nitrogens is 2. The first kappa shape index (κ1) is 15.7. The van der Waals surface area contributed by atoms with Crippen LogP contribution in [0.15, 0.2) is 30.6 Å². The lowest BCUT2D eigenvalue weighted by Crippen LogP contribution is -2.39. The fourth-order valence-electron chi connectivity index (χ4n) is 2.75. The Morgan fingerprint density at radius 1 is 1.39 bits per heavy atom. The highest BCUT2D eigenvalue weighted by molar-refractivity contribution is 5.42. The van der Waals surface area contributed by atoms with Crippen LogP contribution in [-0.4, -0.2) is 36.8 Å². The average molecular weight is 317 g/mol. The molecule has 0 bridgehead atoms. The summed E-state index contributed by atoms with van der Waals surface area (Å²) in [5.74, 6) is 0.805. The summed E-state index contributed by atoms with van der Waals surface area (Å²) in [5, 5.41) is 0. The molecule has 3 rings (SSSR count). The van der Waals surface area contributed by atoms with Gasteiger partial charge in [0.2, 0.25) is 0 Å². The number of morpholine rings is 1. The summed E-state index contributed by atoms with van der Waals surface area (Å²) in [4.78, 5) is 10.0. The summed E-state index contributed by atoms with van der Waals surface area (Å²) >= 11 is 0. The van der Waals surface area contributed by atoms with Gasteiger partial charge in [0, 0.05) is 13.1 Å². The van der Waals surface area contributed by atoms with Crippen molar-refractivity contribution in [1.29, 1.82) is 0 Å². The van der Waals surface area contributed by atoms with Gasteiger partial charge in [-0.1, -0.05) is 19.1 Å². The highest BCUT2D eigenvalue weighted by atomic mass is 19.1. The molecule has 2 heterocycles. The fraction of sp³-hybridized carbons (Fsp3) is 0.412. The molecular weight excluding hydrogens is 297 g/mol. The van der Waals surface area contributed by atoms with E-state index in [2.05, 4.69) is 9.97 Å². The first-order chi connectivity index (χ1) is 11.2. The Morgan fingerprint density at radius 2 is 2.26 bits per heavy atom. The molecule has 0 spiro atoms. The zero-order valence-electron chi connectivity index (χ0n) is 13.3. The summed E-state index contributed by atoms with van der Waals surface area (Å²) in [7, 11) is 1.63. The zero-order chi connectivity index (χ0) is 16.2. The smallest absolute Gasteiger partial charge is 0.187 e. The number of hydrogen-bond acceptors (Lipinski definition) is 5. The van der Waals surface area contributed by atoms with Gasteiger partial charge in [-0.2, -0.15) is 0 Å². The van der Waals surface area contributed by atoms with Gasteiger partial charge in [-0.05, 0) is 24.1 Å². The van der Waals surface area contributed by atoms with Crippen molar-refractivity contribution < 1.29 is 13.9 Å². The van der Waals surface area contributed by atoms with Gasteiger partial charge in [-0.3, -0.25) is 0 Å². The van der Waals surface area contributed by atoms with Crippen molar-refractivity contribution in [3.05, 3.63) is 47.7 Å². The number of aryl methyl sites for hydroxylation is 1. The average Bonchev–Trinajstić information content (AvgIpc) is 2.62. The molecule has 0 aliphatic carbocycles. The molecule has 1 unspecified atom stereocenters. The van der Waals surface area contributed by atoms with Gasteiger partial charge >= 0.3 is 0 Å². The van der Waals surface area contributed by atoms with Crippen molar-refractivity contribution in [1.82, 2.24) is 9.97 Å². The maximum atomic E-state index is 14.5. The lowest BCUT2D eigenvalue weighted by Gasteiger charge is -2.34. The van der Waals surface area contributed by atoms with Crippen molar-refractivity contribution >= 4 is 5.82 Å². The van der Waals surface area contributed by atoms with Crippen LogP contribution in [0.25, 0.3) is 0 Å². The number of methoxy groups -OCH3 is 1. The van der Waals surface area contributed by atoms with Crippen LogP contribution >= 0.6 is 0 Å². The molecule has 1 aromatic carbocycles. The Kier molecular flexibility index (Phi) is 4.71. The molecule has 23 heavy (non-hydrogen) atoms. The Morgan fingerprint density at radius 3 is 3.04 bits per heavy atom. The van der Waals surface area contributed by atoms with Crippen LogP contribution in [0.2, 0.25) is 0 Å². The van der Waals surface area contributed by atoms with Gasteiger partial charge in [0.05, 0.1) is 19.4 Å². The van der Waals surface area contributed by atoms with E-state index in [1.165, 1.54) is 6.33 Å². The van der Waals surface area contributed by atoms with Gasteiger partial charge in [0.1, 0.15) is 18.2 Å². The van der Waals surface area contributed by atoms with Crippen LogP contribution in [0.3, 0.4) is 0 Å². The van der Waals surface area contributed by atoms with E-state index in [0.29, 0.717) is 37.6 Å².